The molecular weight excluding hydrogens is 324 g/mol. The fourth-order valence-corrected chi connectivity index (χ4v) is 4.31. The van der Waals surface area contributed by atoms with Crippen LogP contribution in [0.25, 0.3) is 0 Å². The number of nitrogens with zero attached hydrogens (tertiary/aromatic N) is 4. The summed E-state index contributed by atoms with van der Waals surface area (Å²) in [5, 5.41) is 7.42. The lowest BCUT2D eigenvalue weighted by molar-refractivity contribution is -0.200. The second kappa shape index (κ2) is 6.55. The first kappa shape index (κ1) is 16.2. The summed E-state index contributed by atoms with van der Waals surface area (Å²) in [6, 6.07) is 0. The predicted octanol–water partition coefficient (Wildman–Crippen LogP) is 2.14. The van der Waals surface area contributed by atoms with Gasteiger partial charge in [-0.1, -0.05) is 0 Å². The van der Waals surface area contributed by atoms with Crippen LogP contribution in [0.15, 0.2) is 17.8 Å². The molecule has 2 saturated heterocycles. The fourth-order valence-electron chi connectivity index (χ4n) is 3.72. The van der Waals surface area contributed by atoms with Gasteiger partial charge in [0.15, 0.2) is 0 Å². The molecule has 2 aliphatic heterocycles. The van der Waals surface area contributed by atoms with Crippen molar-refractivity contribution in [1.82, 2.24) is 19.7 Å². The zero-order valence-electron chi connectivity index (χ0n) is 14.3. The third-order valence-electron chi connectivity index (χ3n) is 4.77. The molecule has 130 valence electrons. The molecule has 0 aliphatic carbocycles. The first-order valence-electron chi connectivity index (χ1n) is 8.47. The van der Waals surface area contributed by atoms with Crippen molar-refractivity contribution in [3.8, 4) is 0 Å². The lowest BCUT2D eigenvalue weighted by Crippen LogP contribution is -2.65. The molecule has 24 heavy (non-hydrogen) atoms. The van der Waals surface area contributed by atoms with Crippen molar-refractivity contribution in [1.29, 1.82) is 0 Å². The van der Waals surface area contributed by atoms with Crippen LogP contribution in [0, 0.1) is 6.92 Å². The number of likely N-dealkylation sites (tertiary alicyclic amines) is 1. The van der Waals surface area contributed by atoms with Gasteiger partial charge >= 0.3 is 0 Å². The van der Waals surface area contributed by atoms with Crippen molar-refractivity contribution in [2.75, 3.05) is 19.7 Å². The van der Waals surface area contributed by atoms with Crippen molar-refractivity contribution < 1.29 is 9.47 Å². The normalized spacial score (nSPS) is 23.5. The van der Waals surface area contributed by atoms with Gasteiger partial charge in [0.1, 0.15) is 0 Å². The highest BCUT2D eigenvalue weighted by molar-refractivity contribution is 7.09. The van der Waals surface area contributed by atoms with E-state index in [0.717, 1.165) is 49.8 Å². The SMILES string of the molecule is Cc1nc(COC2CCOC3(C2)CN(Cc2cnn(C)c2)C3)cs1. The molecule has 4 heterocycles. The molecule has 6 nitrogen and oxygen atoms in total. The van der Waals surface area contributed by atoms with Crippen LogP contribution in [0.4, 0.5) is 0 Å². The molecule has 0 radical (unpaired) electrons. The van der Waals surface area contributed by atoms with Gasteiger partial charge in [0.25, 0.3) is 0 Å². The van der Waals surface area contributed by atoms with Crippen LogP contribution in [0.1, 0.15) is 29.1 Å². The number of hydrogen-bond donors (Lipinski definition) is 0. The molecular formula is C17H24N4O2S. The van der Waals surface area contributed by atoms with Crippen molar-refractivity contribution >= 4 is 11.3 Å². The third kappa shape index (κ3) is 3.54. The molecule has 0 aromatic carbocycles. The van der Waals surface area contributed by atoms with Crippen LogP contribution >= 0.6 is 11.3 Å². The summed E-state index contributed by atoms with van der Waals surface area (Å²) >= 11 is 1.68. The highest BCUT2D eigenvalue weighted by Gasteiger charge is 2.47. The maximum Gasteiger partial charge on any atom is 0.0959 e. The number of aryl methyl sites for hydroxylation is 2. The Kier molecular flexibility index (Phi) is 4.42. The highest BCUT2D eigenvalue weighted by atomic mass is 32.1. The van der Waals surface area contributed by atoms with E-state index in [1.54, 1.807) is 11.3 Å². The zero-order chi connectivity index (χ0) is 16.6. The Bertz CT molecular complexity index is 692. The molecule has 2 aromatic rings. The molecule has 1 atom stereocenters. The van der Waals surface area contributed by atoms with E-state index in [2.05, 4.69) is 26.6 Å². The number of aromatic nitrogens is 3. The van der Waals surface area contributed by atoms with Gasteiger partial charge in [-0.2, -0.15) is 5.10 Å². The Labute approximate surface area is 146 Å². The van der Waals surface area contributed by atoms with Gasteiger partial charge in [0, 0.05) is 56.9 Å². The summed E-state index contributed by atoms with van der Waals surface area (Å²) in [6.07, 6.45) is 6.26. The van der Waals surface area contributed by atoms with E-state index in [0.29, 0.717) is 6.61 Å². The van der Waals surface area contributed by atoms with Gasteiger partial charge in [0.2, 0.25) is 0 Å². The van der Waals surface area contributed by atoms with Crippen LogP contribution in [-0.2, 0) is 29.7 Å². The number of hydrogen-bond acceptors (Lipinski definition) is 6. The average Bonchev–Trinajstić information content (AvgIpc) is 3.13. The first-order chi connectivity index (χ1) is 11.6. The summed E-state index contributed by atoms with van der Waals surface area (Å²) in [6.45, 7) is 6.35. The van der Waals surface area contributed by atoms with E-state index in [9.17, 15) is 0 Å². The Balaban J connectivity index is 1.26. The molecule has 0 N–H and O–H groups in total. The zero-order valence-corrected chi connectivity index (χ0v) is 15.1. The Hall–Kier alpha value is -1.28. The van der Waals surface area contributed by atoms with Crippen molar-refractivity contribution in [2.24, 2.45) is 7.05 Å². The lowest BCUT2D eigenvalue weighted by atomic mass is 9.84. The molecule has 0 bridgehead atoms. The Morgan fingerprint density at radius 3 is 3.04 bits per heavy atom. The lowest BCUT2D eigenvalue weighted by Gasteiger charge is -2.53. The minimum absolute atomic E-state index is 0.0108. The maximum absolute atomic E-state index is 6.10. The van der Waals surface area contributed by atoms with Crippen LogP contribution < -0.4 is 0 Å². The van der Waals surface area contributed by atoms with E-state index in [1.807, 2.05) is 24.9 Å². The molecule has 1 spiro atoms. The summed E-state index contributed by atoms with van der Waals surface area (Å²) < 4.78 is 14.1. The van der Waals surface area contributed by atoms with Gasteiger partial charge in [-0.15, -0.1) is 11.3 Å². The van der Waals surface area contributed by atoms with Crippen LogP contribution in [0.2, 0.25) is 0 Å². The summed E-state index contributed by atoms with van der Waals surface area (Å²) in [5.41, 5.74) is 2.29. The quantitative estimate of drug-likeness (QED) is 0.829. The highest BCUT2D eigenvalue weighted by Crippen LogP contribution is 2.36. The second-order valence-corrected chi connectivity index (χ2v) is 8.04. The van der Waals surface area contributed by atoms with Gasteiger partial charge in [-0.25, -0.2) is 4.98 Å². The fraction of sp³-hybridized carbons (Fsp3) is 0.647. The van der Waals surface area contributed by atoms with Crippen molar-refractivity contribution in [3.05, 3.63) is 34.0 Å². The number of thiazole rings is 1. The van der Waals surface area contributed by atoms with Gasteiger partial charge in [-0.3, -0.25) is 9.58 Å². The van der Waals surface area contributed by atoms with Gasteiger partial charge < -0.3 is 9.47 Å². The minimum atomic E-state index is -0.0108. The monoisotopic (exact) mass is 348 g/mol. The predicted molar refractivity (Wildman–Crippen MR) is 91.8 cm³/mol. The van der Waals surface area contributed by atoms with Crippen LogP contribution in [-0.4, -0.2) is 51.1 Å². The molecule has 0 saturated carbocycles. The smallest absolute Gasteiger partial charge is 0.0959 e. The summed E-state index contributed by atoms with van der Waals surface area (Å²) in [4.78, 5) is 6.89. The molecule has 2 aromatic heterocycles. The molecule has 7 heteroatoms. The molecule has 0 amide bonds. The molecule has 4 rings (SSSR count). The van der Waals surface area contributed by atoms with Gasteiger partial charge in [0.05, 0.1) is 35.2 Å². The largest absolute Gasteiger partial charge is 0.372 e. The Morgan fingerprint density at radius 1 is 1.46 bits per heavy atom. The van der Waals surface area contributed by atoms with E-state index in [4.69, 9.17) is 9.47 Å². The maximum atomic E-state index is 6.10. The first-order valence-corrected chi connectivity index (χ1v) is 9.35. The topological polar surface area (TPSA) is 52.4 Å². The Morgan fingerprint density at radius 2 is 2.33 bits per heavy atom. The van der Waals surface area contributed by atoms with E-state index in [1.165, 1.54) is 5.56 Å². The van der Waals surface area contributed by atoms with Crippen molar-refractivity contribution in [2.45, 2.75) is 44.6 Å². The van der Waals surface area contributed by atoms with E-state index < -0.39 is 0 Å². The minimum Gasteiger partial charge on any atom is -0.372 e. The number of ether oxygens (including phenoxy) is 2. The molecule has 2 fully saturated rings. The molecule has 1 unspecified atom stereocenters. The van der Waals surface area contributed by atoms with Crippen LogP contribution in [0.5, 0.6) is 0 Å². The molecule has 2 aliphatic rings. The summed E-state index contributed by atoms with van der Waals surface area (Å²) in [7, 11) is 1.96. The summed E-state index contributed by atoms with van der Waals surface area (Å²) in [5.74, 6) is 0. The standard InChI is InChI=1S/C17H24N4O2S/c1-13-19-15(10-24-13)9-22-16-3-4-23-17(5-16)11-21(12-17)8-14-6-18-20(2)7-14/h6-7,10,16H,3-5,8-9,11-12H2,1-2H3. The van der Waals surface area contributed by atoms with E-state index in [-0.39, 0.29) is 11.7 Å². The van der Waals surface area contributed by atoms with E-state index >= 15 is 0 Å². The number of rotatable bonds is 5. The second-order valence-electron chi connectivity index (χ2n) is 6.98. The van der Waals surface area contributed by atoms with Crippen molar-refractivity contribution in [3.63, 3.8) is 0 Å². The average molecular weight is 348 g/mol. The van der Waals surface area contributed by atoms with Gasteiger partial charge in [-0.05, 0) is 13.3 Å². The van der Waals surface area contributed by atoms with Crippen LogP contribution in [0.3, 0.4) is 0 Å². The third-order valence-corrected chi connectivity index (χ3v) is 5.59.